The van der Waals surface area contributed by atoms with Gasteiger partial charge in [-0.2, -0.15) is 0 Å². The molecule has 1 aromatic heterocycles. The molecule has 0 atom stereocenters. The molecule has 3 rings (SSSR count). The smallest absolute Gasteiger partial charge is 0.138 e. The Labute approximate surface area is 115 Å². The second kappa shape index (κ2) is 4.96. The normalized spacial score (nSPS) is 10.8. The van der Waals surface area contributed by atoms with Crippen LogP contribution in [0.25, 0.3) is 10.9 Å². The molecule has 0 aliphatic carbocycles. The monoisotopic (exact) mass is 273 g/mol. The van der Waals surface area contributed by atoms with Crippen molar-refractivity contribution >= 4 is 22.5 Å². The van der Waals surface area contributed by atoms with Gasteiger partial charge in [-0.05, 0) is 24.3 Å². The largest absolute Gasteiger partial charge is 0.457 e. The van der Waals surface area contributed by atoms with Crippen LogP contribution in [0.15, 0.2) is 48.5 Å². The molecule has 96 valence electrons. The molecule has 0 spiro atoms. The van der Waals surface area contributed by atoms with Crippen LogP contribution in [0.4, 0.5) is 0 Å². The number of ether oxygens (including phenoxy) is 1. The third-order valence-electron chi connectivity index (χ3n) is 2.86. The molecule has 4 heteroatoms. The number of H-pyrrole nitrogens is 1. The number of aliphatic hydroxyl groups excluding tert-OH is 1. The Morgan fingerprint density at radius 2 is 1.89 bits per heavy atom. The minimum Gasteiger partial charge on any atom is -0.457 e. The number of aromatic amines is 1. The predicted octanol–water partition coefficient (Wildman–Crippen LogP) is 4.11. The molecule has 0 aliphatic heterocycles. The first-order valence-electron chi connectivity index (χ1n) is 5.91. The van der Waals surface area contributed by atoms with Gasteiger partial charge in [0.05, 0.1) is 12.1 Å². The van der Waals surface area contributed by atoms with Crippen LogP contribution in [0.5, 0.6) is 11.5 Å². The lowest BCUT2D eigenvalue weighted by Crippen LogP contribution is -1.84. The number of nitrogens with one attached hydrogen (secondary N) is 1. The number of benzene rings is 2. The fraction of sp³-hybridized carbons (Fsp3) is 0.0667. The lowest BCUT2D eigenvalue weighted by molar-refractivity contribution is 0.278. The molecule has 2 N–H and O–H groups in total. The Kier molecular flexibility index (Phi) is 3.15. The molecule has 2 aromatic carbocycles. The summed E-state index contributed by atoms with van der Waals surface area (Å²) in [4.78, 5) is 3.10. The average molecular weight is 274 g/mol. The highest BCUT2D eigenvalue weighted by atomic mass is 35.5. The lowest BCUT2D eigenvalue weighted by Gasteiger charge is -2.07. The van der Waals surface area contributed by atoms with Crippen molar-refractivity contribution in [1.29, 1.82) is 0 Å². The number of rotatable bonds is 3. The predicted molar refractivity (Wildman–Crippen MR) is 75.7 cm³/mol. The van der Waals surface area contributed by atoms with Crippen LogP contribution < -0.4 is 4.74 Å². The molecule has 0 fully saturated rings. The molecule has 0 unspecified atom stereocenters. The SMILES string of the molecule is OCc1cc2c(Oc3ccccc3)cc(Cl)cc2[nH]1. The average Bonchev–Trinajstić information content (AvgIpc) is 2.83. The Morgan fingerprint density at radius 1 is 1.11 bits per heavy atom. The Hall–Kier alpha value is -1.97. The third-order valence-corrected chi connectivity index (χ3v) is 3.08. The van der Waals surface area contributed by atoms with Crippen molar-refractivity contribution in [3.63, 3.8) is 0 Å². The molecule has 1 heterocycles. The molecule has 0 radical (unpaired) electrons. The van der Waals surface area contributed by atoms with Crippen LogP contribution in [0.2, 0.25) is 5.02 Å². The van der Waals surface area contributed by atoms with Gasteiger partial charge in [-0.25, -0.2) is 0 Å². The second-order valence-electron chi connectivity index (χ2n) is 4.23. The highest BCUT2D eigenvalue weighted by molar-refractivity contribution is 6.31. The summed E-state index contributed by atoms with van der Waals surface area (Å²) < 4.78 is 5.84. The topological polar surface area (TPSA) is 45.2 Å². The number of para-hydroxylation sites is 1. The van der Waals surface area contributed by atoms with Crippen molar-refractivity contribution in [3.8, 4) is 11.5 Å². The van der Waals surface area contributed by atoms with Crippen molar-refractivity contribution < 1.29 is 9.84 Å². The number of hydrogen-bond acceptors (Lipinski definition) is 2. The molecule has 0 saturated heterocycles. The zero-order valence-electron chi connectivity index (χ0n) is 10.1. The lowest BCUT2D eigenvalue weighted by atomic mass is 10.2. The maximum atomic E-state index is 9.18. The Bertz CT molecular complexity index is 707. The highest BCUT2D eigenvalue weighted by Crippen LogP contribution is 2.33. The van der Waals surface area contributed by atoms with E-state index in [0.29, 0.717) is 10.8 Å². The van der Waals surface area contributed by atoms with E-state index in [-0.39, 0.29) is 6.61 Å². The van der Waals surface area contributed by atoms with Crippen LogP contribution in [-0.4, -0.2) is 10.1 Å². The molecule has 3 aromatic rings. The molecular weight excluding hydrogens is 262 g/mol. The number of aliphatic hydroxyl groups is 1. The van der Waals surface area contributed by atoms with Crippen LogP contribution in [0.3, 0.4) is 0 Å². The van der Waals surface area contributed by atoms with Crippen LogP contribution in [-0.2, 0) is 6.61 Å². The minimum atomic E-state index is -0.0446. The van der Waals surface area contributed by atoms with E-state index in [1.54, 1.807) is 6.07 Å². The number of fused-ring (bicyclic) bond motifs is 1. The van der Waals surface area contributed by atoms with Gasteiger partial charge < -0.3 is 14.8 Å². The zero-order valence-corrected chi connectivity index (χ0v) is 10.8. The third kappa shape index (κ3) is 2.43. The van der Waals surface area contributed by atoms with E-state index >= 15 is 0 Å². The van der Waals surface area contributed by atoms with Crippen molar-refractivity contribution in [1.82, 2.24) is 4.98 Å². The first-order valence-corrected chi connectivity index (χ1v) is 6.29. The number of halogens is 1. The minimum absolute atomic E-state index is 0.0446. The zero-order chi connectivity index (χ0) is 13.2. The van der Waals surface area contributed by atoms with E-state index in [9.17, 15) is 5.11 Å². The molecule has 0 bridgehead atoms. The maximum absolute atomic E-state index is 9.18. The van der Waals surface area contributed by atoms with Gasteiger partial charge in [-0.15, -0.1) is 0 Å². The van der Waals surface area contributed by atoms with E-state index in [0.717, 1.165) is 22.3 Å². The summed E-state index contributed by atoms with van der Waals surface area (Å²) in [6.07, 6.45) is 0. The van der Waals surface area contributed by atoms with Gasteiger partial charge in [0.1, 0.15) is 11.5 Å². The first kappa shape index (κ1) is 12.1. The fourth-order valence-corrected chi connectivity index (χ4v) is 2.22. The summed E-state index contributed by atoms with van der Waals surface area (Å²) in [5, 5.41) is 10.7. The van der Waals surface area contributed by atoms with Gasteiger partial charge in [0.2, 0.25) is 0 Å². The van der Waals surface area contributed by atoms with Gasteiger partial charge in [0, 0.05) is 22.2 Å². The van der Waals surface area contributed by atoms with Gasteiger partial charge in [0.15, 0.2) is 0 Å². The van der Waals surface area contributed by atoms with E-state index in [1.807, 2.05) is 42.5 Å². The van der Waals surface area contributed by atoms with Crippen molar-refractivity contribution in [2.45, 2.75) is 6.61 Å². The molecule has 0 amide bonds. The van der Waals surface area contributed by atoms with Gasteiger partial charge >= 0.3 is 0 Å². The molecular formula is C15H12ClNO2. The van der Waals surface area contributed by atoms with Gasteiger partial charge in [0.25, 0.3) is 0 Å². The summed E-state index contributed by atoms with van der Waals surface area (Å²) in [6, 6.07) is 15.0. The maximum Gasteiger partial charge on any atom is 0.138 e. The molecule has 3 nitrogen and oxygen atoms in total. The van der Waals surface area contributed by atoms with E-state index in [1.165, 1.54) is 0 Å². The second-order valence-corrected chi connectivity index (χ2v) is 4.67. The summed E-state index contributed by atoms with van der Waals surface area (Å²) in [6.45, 7) is -0.0446. The molecule has 19 heavy (non-hydrogen) atoms. The van der Waals surface area contributed by atoms with Crippen molar-refractivity contribution in [2.75, 3.05) is 0 Å². The van der Waals surface area contributed by atoms with Crippen molar-refractivity contribution in [3.05, 3.63) is 59.2 Å². The van der Waals surface area contributed by atoms with Crippen molar-refractivity contribution in [2.24, 2.45) is 0 Å². The van der Waals surface area contributed by atoms with Gasteiger partial charge in [-0.3, -0.25) is 0 Å². The number of hydrogen-bond donors (Lipinski definition) is 2. The Morgan fingerprint density at radius 3 is 2.63 bits per heavy atom. The number of aromatic nitrogens is 1. The van der Waals surface area contributed by atoms with Crippen LogP contribution in [0.1, 0.15) is 5.69 Å². The molecule has 0 saturated carbocycles. The summed E-state index contributed by atoms with van der Waals surface area (Å²) >= 11 is 6.08. The summed E-state index contributed by atoms with van der Waals surface area (Å²) in [5.74, 6) is 1.42. The fourth-order valence-electron chi connectivity index (χ4n) is 2.01. The van der Waals surface area contributed by atoms with E-state index < -0.39 is 0 Å². The van der Waals surface area contributed by atoms with Crippen LogP contribution in [0, 0.1) is 0 Å². The quantitative estimate of drug-likeness (QED) is 0.754. The summed E-state index contributed by atoms with van der Waals surface area (Å²) in [5.41, 5.74) is 1.58. The van der Waals surface area contributed by atoms with E-state index in [2.05, 4.69) is 4.98 Å². The summed E-state index contributed by atoms with van der Waals surface area (Å²) in [7, 11) is 0. The standard InChI is InChI=1S/C15H12ClNO2/c16-10-6-14-13(8-11(9-18)17-14)15(7-10)19-12-4-2-1-3-5-12/h1-8,17-18H,9H2. The molecule has 0 aliphatic rings. The first-order chi connectivity index (χ1) is 9.26. The van der Waals surface area contributed by atoms with Gasteiger partial charge in [-0.1, -0.05) is 29.8 Å². The Balaban J connectivity index is 2.09. The van der Waals surface area contributed by atoms with E-state index in [4.69, 9.17) is 16.3 Å². The van der Waals surface area contributed by atoms with Crippen LogP contribution >= 0.6 is 11.6 Å². The highest BCUT2D eigenvalue weighted by Gasteiger charge is 2.09.